The van der Waals surface area contributed by atoms with Gasteiger partial charge in [-0.2, -0.15) is 13.2 Å². The molecule has 46 heavy (non-hydrogen) atoms. The minimum absolute atomic E-state index is 0.0595. The number of aryl methyl sites for hydroxylation is 2. The van der Waals surface area contributed by atoms with E-state index in [1.54, 1.807) is 42.8 Å². The normalized spacial score (nSPS) is 14.0. The standard InChI is InChI=1S/C33H30F3N9O/c1-20-3-4-23(18-38-20)22-5-7-27-25(13-22)30-29(19-39-27)42(2)32(46)45(30)24-6-8-28(26(14-24)33(34,35)36)43-9-11-44(12-10-43)31-40-16-21(15-37)17-41-31/h3-8,13-14,16-19H,9-12,15,37H2,1-2H3. The van der Waals surface area contributed by atoms with Crippen LogP contribution >= 0.6 is 0 Å². The highest BCUT2D eigenvalue weighted by molar-refractivity contribution is 6.04. The number of fused-ring (bicyclic) bond motifs is 3. The highest BCUT2D eigenvalue weighted by atomic mass is 19.4. The van der Waals surface area contributed by atoms with E-state index in [0.717, 1.165) is 28.5 Å². The maximum Gasteiger partial charge on any atom is 0.418 e. The molecule has 1 aliphatic rings. The summed E-state index contributed by atoms with van der Waals surface area (Å²) >= 11 is 0. The lowest BCUT2D eigenvalue weighted by molar-refractivity contribution is -0.137. The third-order valence-corrected chi connectivity index (χ3v) is 8.50. The Labute approximate surface area is 261 Å². The van der Waals surface area contributed by atoms with E-state index in [2.05, 4.69) is 19.9 Å². The van der Waals surface area contributed by atoms with Gasteiger partial charge in [0.1, 0.15) is 0 Å². The molecule has 0 saturated carbocycles. The van der Waals surface area contributed by atoms with Gasteiger partial charge >= 0.3 is 11.9 Å². The van der Waals surface area contributed by atoms with Gasteiger partial charge in [-0.05, 0) is 48.9 Å². The van der Waals surface area contributed by atoms with Crippen molar-refractivity contribution in [2.45, 2.75) is 19.6 Å². The van der Waals surface area contributed by atoms with Crippen LogP contribution in [0.15, 0.2) is 78.1 Å². The summed E-state index contributed by atoms with van der Waals surface area (Å²) in [5.74, 6) is 0.516. The summed E-state index contributed by atoms with van der Waals surface area (Å²) in [4.78, 5) is 34.9. The second-order valence-electron chi connectivity index (χ2n) is 11.4. The Morgan fingerprint density at radius 1 is 0.826 bits per heavy atom. The van der Waals surface area contributed by atoms with Gasteiger partial charge in [-0.25, -0.2) is 14.8 Å². The molecule has 0 unspecified atom stereocenters. The van der Waals surface area contributed by atoms with Crippen LogP contribution in [0.2, 0.25) is 0 Å². The van der Waals surface area contributed by atoms with Crippen molar-refractivity contribution in [2.75, 3.05) is 36.0 Å². The SMILES string of the molecule is Cc1ccc(-c2ccc3ncc4c(c3c2)n(-c2ccc(N3CCN(c5ncc(CN)cn5)CC3)c(C(F)(F)F)c2)c(=O)n4C)cn1. The summed E-state index contributed by atoms with van der Waals surface area (Å²) in [6.07, 6.45) is 2.00. The van der Waals surface area contributed by atoms with Crippen LogP contribution in [-0.4, -0.2) is 55.2 Å². The van der Waals surface area contributed by atoms with Crippen LogP contribution in [0, 0.1) is 6.92 Å². The summed E-state index contributed by atoms with van der Waals surface area (Å²) in [7, 11) is 1.59. The molecule has 234 valence electrons. The van der Waals surface area contributed by atoms with E-state index in [0.29, 0.717) is 60.6 Å². The van der Waals surface area contributed by atoms with Crippen LogP contribution in [0.3, 0.4) is 0 Å². The number of anilines is 2. The molecule has 0 atom stereocenters. The number of imidazole rings is 1. The Hall–Kier alpha value is -5.30. The number of nitrogens with two attached hydrogens (primary N) is 1. The fraction of sp³-hybridized carbons (Fsp3) is 0.242. The number of hydrogen-bond acceptors (Lipinski definition) is 8. The van der Waals surface area contributed by atoms with Crippen molar-refractivity contribution in [3.05, 3.63) is 101 Å². The number of piperazine rings is 1. The molecule has 1 saturated heterocycles. The van der Waals surface area contributed by atoms with Gasteiger partial charge in [-0.3, -0.25) is 19.1 Å². The highest BCUT2D eigenvalue weighted by Gasteiger charge is 2.36. The molecule has 0 aliphatic carbocycles. The second kappa shape index (κ2) is 11.2. The van der Waals surface area contributed by atoms with E-state index in [1.165, 1.54) is 15.2 Å². The van der Waals surface area contributed by atoms with E-state index in [9.17, 15) is 18.0 Å². The summed E-state index contributed by atoms with van der Waals surface area (Å²) in [5.41, 5.74) is 9.54. The van der Waals surface area contributed by atoms with E-state index in [4.69, 9.17) is 5.73 Å². The van der Waals surface area contributed by atoms with Gasteiger partial charge in [0, 0.05) is 86.3 Å². The zero-order valence-electron chi connectivity index (χ0n) is 25.2. The molecule has 0 amide bonds. The van der Waals surface area contributed by atoms with Crippen molar-refractivity contribution in [3.63, 3.8) is 0 Å². The summed E-state index contributed by atoms with van der Waals surface area (Å²) in [5, 5.41) is 0.642. The van der Waals surface area contributed by atoms with E-state index in [-0.39, 0.29) is 11.4 Å². The topological polar surface area (TPSA) is 111 Å². The number of rotatable bonds is 5. The maximum atomic E-state index is 14.7. The van der Waals surface area contributed by atoms with Crippen molar-refractivity contribution in [3.8, 4) is 16.8 Å². The molecule has 0 spiro atoms. The van der Waals surface area contributed by atoms with Crippen molar-refractivity contribution >= 4 is 33.6 Å². The number of pyridine rings is 2. The lowest BCUT2D eigenvalue weighted by Crippen LogP contribution is -2.47. The Bertz CT molecular complexity index is 2130. The minimum Gasteiger partial charge on any atom is -0.367 e. The summed E-state index contributed by atoms with van der Waals surface area (Å²) in [6.45, 7) is 3.80. The van der Waals surface area contributed by atoms with Gasteiger partial charge in [0.15, 0.2) is 0 Å². The Morgan fingerprint density at radius 2 is 1.54 bits per heavy atom. The lowest BCUT2D eigenvalue weighted by atomic mass is 10.0. The monoisotopic (exact) mass is 625 g/mol. The minimum atomic E-state index is -4.66. The maximum absolute atomic E-state index is 14.7. The first kappa shape index (κ1) is 29.4. The molecule has 1 aliphatic heterocycles. The first-order valence-electron chi connectivity index (χ1n) is 14.8. The molecule has 2 aromatic carbocycles. The predicted molar refractivity (Wildman–Crippen MR) is 171 cm³/mol. The molecule has 13 heteroatoms. The molecule has 10 nitrogen and oxygen atoms in total. The molecule has 0 radical (unpaired) electrons. The van der Waals surface area contributed by atoms with Crippen LogP contribution in [0.5, 0.6) is 0 Å². The fourth-order valence-electron chi connectivity index (χ4n) is 5.98. The number of nitrogens with zero attached hydrogens (tertiary/aromatic N) is 8. The second-order valence-corrected chi connectivity index (χ2v) is 11.4. The molecule has 5 heterocycles. The van der Waals surface area contributed by atoms with Gasteiger partial charge in [-0.15, -0.1) is 0 Å². The molecule has 7 rings (SSSR count). The van der Waals surface area contributed by atoms with Crippen LogP contribution in [0.1, 0.15) is 16.8 Å². The Balaban J connectivity index is 1.30. The fourth-order valence-corrected chi connectivity index (χ4v) is 5.98. The van der Waals surface area contributed by atoms with Crippen LogP contribution in [0.25, 0.3) is 38.8 Å². The average molecular weight is 626 g/mol. The number of halogens is 3. The van der Waals surface area contributed by atoms with Crippen molar-refractivity contribution in [1.29, 1.82) is 0 Å². The highest BCUT2D eigenvalue weighted by Crippen LogP contribution is 2.39. The Morgan fingerprint density at radius 3 is 2.22 bits per heavy atom. The average Bonchev–Trinajstić information content (AvgIpc) is 3.33. The molecular weight excluding hydrogens is 595 g/mol. The summed E-state index contributed by atoms with van der Waals surface area (Å²) in [6, 6.07) is 13.6. The molecule has 4 aromatic heterocycles. The lowest BCUT2D eigenvalue weighted by Gasteiger charge is -2.37. The van der Waals surface area contributed by atoms with E-state index >= 15 is 0 Å². The van der Waals surface area contributed by atoms with Crippen molar-refractivity contribution in [2.24, 2.45) is 12.8 Å². The van der Waals surface area contributed by atoms with Crippen LogP contribution in [-0.2, 0) is 19.8 Å². The molecule has 0 bridgehead atoms. The van der Waals surface area contributed by atoms with Crippen LogP contribution in [0.4, 0.5) is 24.8 Å². The number of alkyl halides is 3. The van der Waals surface area contributed by atoms with Gasteiger partial charge in [0.2, 0.25) is 5.95 Å². The largest absolute Gasteiger partial charge is 0.418 e. The smallest absolute Gasteiger partial charge is 0.367 e. The van der Waals surface area contributed by atoms with E-state index < -0.39 is 17.4 Å². The summed E-state index contributed by atoms with van der Waals surface area (Å²) < 4.78 is 46.8. The Kier molecular flexibility index (Phi) is 7.19. The van der Waals surface area contributed by atoms with Crippen molar-refractivity contribution < 1.29 is 13.2 Å². The van der Waals surface area contributed by atoms with Gasteiger partial charge in [0.05, 0.1) is 34.0 Å². The number of benzene rings is 2. The third kappa shape index (κ3) is 5.11. The van der Waals surface area contributed by atoms with E-state index in [1.807, 2.05) is 42.2 Å². The number of hydrogen-bond donors (Lipinski definition) is 1. The van der Waals surface area contributed by atoms with Crippen LogP contribution < -0.4 is 21.2 Å². The molecule has 1 fully saturated rings. The first-order valence-corrected chi connectivity index (χ1v) is 14.8. The first-order chi connectivity index (χ1) is 22.1. The quantitative estimate of drug-likeness (QED) is 0.290. The van der Waals surface area contributed by atoms with Gasteiger partial charge < -0.3 is 15.5 Å². The van der Waals surface area contributed by atoms with Crippen molar-refractivity contribution in [1.82, 2.24) is 29.1 Å². The molecule has 6 aromatic rings. The predicted octanol–water partition coefficient (Wildman–Crippen LogP) is 4.84. The molecule has 2 N–H and O–H groups in total. The third-order valence-electron chi connectivity index (χ3n) is 8.50. The number of aromatic nitrogens is 6. The van der Waals surface area contributed by atoms with Gasteiger partial charge in [0.25, 0.3) is 0 Å². The van der Waals surface area contributed by atoms with Gasteiger partial charge in [-0.1, -0.05) is 12.1 Å². The zero-order chi connectivity index (χ0) is 32.2. The zero-order valence-corrected chi connectivity index (χ0v) is 25.2. The molecular formula is C33H30F3N9O.